The van der Waals surface area contributed by atoms with Gasteiger partial charge in [-0.1, -0.05) is 18.2 Å². The van der Waals surface area contributed by atoms with E-state index in [-0.39, 0.29) is 11.9 Å². The third-order valence-electron chi connectivity index (χ3n) is 1.65. The van der Waals surface area contributed by atoms with Gasteiger partial charge in [-0.05, 0) is 6.07 Å². The van der Waals surface area contributed by atoms with Crippen molar-refractivity contribution in [2.24, 2.45) is 5.73 Å². The van der Waals surface area contributed by atoms with Crippen LogP contribution in [0.25, 0.3) is 0 Å². The number of hydrogen-bond acceptors (Lipinski definition) is 2. The summed E-state index contributed by atoms with van der Waals surface area (Å²) < 4.78 is 17.8. The van der Waals surface area contributed by atoms with Crippen LogP contribution >= 0.6 is 0 Å². The van der Waals surface area contributed by atoms with Gasteiger partial charge in [-0.2, -0.15) is 0 Å². The topological polar surface area (TPSA) is 35.2 Å². The van der Waals surface area contributed by atoms with Gasteiger partial charge < -0.3 is 10.5 Å². The first-order valence-corrected chi connectivity index (χ1v) is 3.74. The largest absolute Gasteiger partial charge is 0.383 e. The first-order valence-electron chi connectivity index (χ1n) is 3.74. The molecule has 0 saturated heterocycles. The van der Waals surface area contributed by atoms with Crippen molar-refractivity contribution in [2.75, 3.05) is 13.7 Å². The summed E-state index contributed by atoms with van der Waals surface area (Å²) in [6.07, 6.45) is 0. The van der Waals surface area contributed by atoms with Crippen LogP contribution in [0.15, 0.2) is 24.3 Å². The summed E-state index contributed by atoms with van der Waals surface area (Å²) in [6, 6.07) is 6.08. The molecular weight excluding hydrogens is 157 g/mol. The van der Waals surface area contributed by atoms with Crippen molar-refractivity contribution in [1.82, 2.24) is 0 Å². The number of methoxy groups -OCH3 is 1. The van der Waals surface area contributed by atoms with Crippen LogP contribution in [0.1, 0.15) is 11.6 Å². The molecule has 1 aromatic carbocycles. The van der Waals surface area contributed by atoms with E-state index in [2.05, 4.69) is 0 Å². The van der Waals surface area contributed by atoms with Crippen LogP contribution in [-0.4, -0.2) is 13.7 Å². The predicted octanol–water partition coefficient (Wildman–Crippen LogP) is 1.47. The van der Waals surface area contributed by atoms with Gasteiger partial charge in [-0.25, -0.2) is 4.39 Å². The lowest BCUT2D eigenvalue weighted by atomic mass is 10.1. The van der Waals surface area contributed by atoms with E-state index in [1.54, 1.807) is 25.3 Å². The van der Waals surface area contributed by atoms with Crippen LogP contribution in [0.5, 0.6) is 0 Å². The van der Waals surface area contributed by atoms with Gasteiger partial charge in [-0.15, -0.1) is 0 Å². The molecule has 0 amide bonds. The molecule has 0 aliphatic carbocycles. The fourth-order valence-corrected chi connectivity index (χ4v) is 1.05. The maximum atomic E-state index is 13.0. The lowest BCUT2D eigenvalue weighted by Gasteiger charge is -2.10. The van der Waals surface area contributed by atoms with Crippen LogP contribution in [0.2, 0.25) is 0 Å². The molecule has 0 radical (unpaired) electrons. The second-order valence-electron chi connectivity index (χ2n) is 2.58. The molecule has 0 fully saturated rings. The van der Waals surface area contributed by atoms with E-state index in [0.29, 0.717) is 12.2 Å². The molecule has 1 aromatic rings. The van der Waals surface area contributed by atoms with Gasteiger partial charge in [0.15, 0.2) is 0 Å². The van der Waals surface area contributed by atoms with Gasteiger partial charge in [0, 0.05) is 12.7 Å². The average Bonchev–Trinajstić information content (AvgIpc) is 2.05. The highest BCUT2D eigenvalue weighted by Crippen LogP contribution is 2.13. The van der Waals surface area contributed by atoms with Crippen molar-refractivity contribution in [2.45, 2.75) is 6.04 Å². The maximum absolute atomic E-state index is 13.0. The highest BCUT2D eigenvalue weighted by atomic mass is 19.1. The van der Waals surface area contributed by atoms with Crippen molar-refractivity contribution < 1.29 is 9.13 Å². The van der Waals surface area contributed by atoms with Gasteiger partial charge in [0.2, 0.25) is 0 Å². The van der Waals surface area contributed by atoms with E-state index in [1.165, 1.54) is 6.07 Å². The average molecular weight is 169 g/mol. The third kappa shape index (κ3) is 2.03. The minimum Gasteiger partial charge on any atom is -0.383 e. The summed E-state index contributed by atoms with van der Waals surface area (Å²) in [4.78, 5) is 0. The molecule has 0 unspecified atom stereocenters. The first kappa shape index (κ1) is 9.16. The molecule has 1 rings (SSSR count). The van der Waals surface area contributed by atoms with E-state index >= 15 is 0 Å². The van der Waals surface area contributed by atoms with Crippen molar-refractivity contribution in [3.63, 3.8) is 0 Å². The molecule has 0 heterocycles. The Morgan fingerprint density at radius 3 is 2.75 bits per heavy atom. The molecule has 0 spiro atoms. The molecule has 0 bridgehead atoms. The van der Waals surface area contributed by atoms with Crippen LogP contribution < -0.4 is 5.73 Å². The Balaban J connectivity index is 2.79. The number of benzene rings is 1. The van der Waals surface area contributed by atoms with E-state index in [9.17, 15) is 4.39 Å². The van der Waals surface area contributed by atoms with Crippen LogP contribution in [0.4, 0.5) is 4.39 Å². The Kier molecular flexibility index (Phi) is 3.19. The first-order chi connectivity index (χ1) is 5.75. The van der Waals surface area contributed by atoms with Crippen molar-refractivity contribution in [3.05, 3.63) is 35.6 Å². The van der Waals surface area contributed by atoms with E-state index < -0.39 is 0 Å². The zero-order valence-electron chi connectivity index (χ0n) is 6.96. The SMILES string of the molecule is COC[C@@H](N)c1ccccc1F. The van der Waals surface area contributed by atoms with Gasteiger partial charge in [0.25, 0.3) is 0 Å². The molecule has 12 heavy (non-hydrogen) atoms. The van der Waals surface area contributed by atoms with Gasteiger partial charge in [-0.3, -0.25) is 0 Å². The maximum Gasteiger partial charge on any atom is 0.128 e. The summed E-state index contributed by atoms with van der Waals surface area (Å²) >= 11 is 0. The quantitative estimate of drug-likeness (QED) is 0.743. The highest BCUT2D eigenvalue weighted by molar-refractivity contribution is 5.20. The fourth-order valence-electron chi connectivity index (χ4n) is 1.05. The standard InChI is InChI=1S/C9H12FNO/c1-12-6-9(11)7-4-2-3-5-8(7)10/h2-5,9H,6,11H2,1H3/t9-/m1/s1. The molecular formula is C9H12FNO. The zero-order chi connectivity index (χ0) is 8.97. The van der Waals surface area contributed by atoms with Crippen LogP contribution in [-0.2, 0) is 4.74 Å². The zero-order valence-corrected chi connectivity index (χ0v) is 6.96. The normalized spacial score (nSPS) is 12.9. The summed E-state index contributed by atoms with van der Waals surface area (Å²) in [5, 5.41) is 0. The van der Waals surface area contributed by atoms with Gasteiger partial charge in [0.1, 0.15) is 5.82 Å². The Labute approximate surface area is 71.1 Å². The minimum atomic E-state index is -0.379. The Bertz CT molecular complexity index is 252. The molecule has 0 aromatic heterocycles. The molecule has 2 nitrogen and oxygen atoms in total. The number of nitrogens with two attached hydrogens (primary N) is 1. The van der Waals surface area contributed by atoms with Gasteiger partial charge in [0.05, 0.1) is 12.6 Å². The van der Waals surface area contributed by atoms with Crippen LogP contribution in [0, 0.1) is 5.82 Å². The van der Waals surface area contributed by atoms with Crippen LogP contribution in [0.3, 0.4) is 0 Å². The predicted molar refractivity (Wildman–Crippen MR) is 45.2 cm³/mol. The second kappa shape index (κ2) is 4.18. The van der Waals surface area contributed by atoms with E-state index in [4.69, 9.17) is 10.5 Å². The summed E-state index contributed by atoms with van der Waals surface area (Å²) in [5.41, 5.74) is 6.14. The highest BCUT2D eigenvalue weighted by Gasteiger charge is 2.09. The molecule has 66 valence electrons. The lowest BCUT2D eigenvalue weighted by molar-refractivity contribution is 0.179. The number of halogens is 1. The monoisotopic (exact) mass is 169 g/mol. The Hall–Kier alpha value is -0.930. The molecule has 0 aliphatic heterocycles. The lowest BCUT2D eigenvalue weighted by Crippen LogP contribution is -2.17. The second-order valence-corrected chi connectivity index (χ2v) is 2.58. The smallest absolute Gasteiger partial charge is 0.128 e. The molecule has 0 aliphatic rings. The van der Waals surface area contributed by atoms with Crippen molar-refractivity contribution >= 4 is 0 Å². The molecule has 0 saturated carbocycles. The van der Waals surface area contributed by atoms with Crippen molar-refractivity contribution in [1.29, 1.82) is 0 Å². The van der Waals surface area contributed by atoms with E-state index in [0.717, 1.165) is 0 Å². The molecule has 3 heteroatoms. The number of ether oxygens (including phenoxy) is 1. The minimum absolute atomic E-state index is 0.276. The molecule has 1 atom stereocenters. The summed E-state index contributed by atoms with van der Waals surface area (Å²) in [5.74, 6) is -0.276. The third-order valence-corrected chi connectivity index (χ3v) is 1.65. The fraction of sp³-hybridized carbons (Fsp3) is 0.333. The summed E-state index contributed by atoms with van der Waals surface area (Å²) in [6.45, 7) is 0.334. The number of rotatable bonds is 3. The number of hydrogen-bond donors (Lipinski definition) is 1. The van der Waals surface area contributed by atoms with E-state index in [1.807, 2.05) is 0 Å². The Morgan fingerprint density at radius 1 is 1.50 bits per heavy atom. The summed E-state index contributed by atoms with van der Waals surface area (Å²) in [7, 11) is 1.54. The van der Waals surface area contributed by atoms with Gasteiger partial charge >= 0.3 is 0 Å². The Morgan fingerprint density at radius 2 is 2.17 bits per heavy atom. The van der Waals surface area contributed by atoms with Crippen molar-refractivity contribution in [3.8, 4) is 0 Å². The molecule has 2 N–H and O–H groups in total.